The van der Waals surface area contributed by atoms with Gasteiger partial charge in [-0.15, -0.1) is 11.3 Å². The van der Waals surface area contributed by atoms with Gasteiger partial charge in [-0.05, 0) is 35.6 Å². The van der Waals surface area contributed by atoms with Crippen LogP contribution in [-0.2, 0) is 13.0 Å². The standard InChI is InChI=1S/C14H12N4OS/c19-14(11-1-2-13-15-5-7-18(13)16-11)17-6-3-12-10(9-17)4-8-20-12/h1-2,4-5,7-8H,3,6,9H2. The van der Waals surface area contributed by atoms with E-state index in [0.29, 0.717) is 12.2 Å². The Bertz CT molecular complexity index is 791. The van der Waals surface area contributed by atoms with E-state index in [1.54, 1.807) is 34.3 Å². The summed E-state index contributed by atoms with van der Waals surface area (Å²) in [5.74, 6) is -0.0162. The first-order chi connectivity index (χ1) is 9.81. The molecule has 6 heteroatoms. The summed E-state index contributed by atoms with van der Waals surface area (Å²) >= 11 is 1.77. The molecule has 1 amide bonds. The first kappa shape index (κ1) is 11.6. The number of carbonyl (C=O) groups is 1. The summed E-state index contributed by atoms with van der Waals surface area (Å²) in [6, 6.07) is 5.67. The minimum absolute atomic E-state index is 0.0162. The second-order valence-electron chi connectivity index (χ2n) is 4.79. The van der Waals surface area contributed by atoms with Crippen LogP contribution in [0.2, 0.25) is 0 Å². The van der Waals surface area contributed by atoms with Crippen molar-refractivity contribution < 1.29 is 4.79 Å². The Morgan fingerprint density at radius 3 is 3.20 bits per heavy atom. The normalized spacial score (nSPS) is 14.5. The quantitative estimate of drug-likeness (QED) is 0.686. The van der Waals surface area contributed by atoms with Gasteiger partial charge in [0, 0.05) is 30.4 Å². The van der Waals surface area contributed by atoms with Gasteiger partial charge in [0.1, 0.15) is 5.69 Å². The average molecular weight is 284 g/mol. The molecule has 0 aliphatic carbocycles. The van der Waals surface area contributed by atoms with Gasteiger partial charge in [0.15, 0.2) is 5.65 Å². The van der Waals surface area contributed by atoms with Gasteiger partial charge in [-0.2, -0.15) is 5.10 Å². The van der Waals surface area contributed by atoms with Crippen molar-refractivity contribution in [2.75, 3.05) is 6.54 Å². The number of nitrogens with zero attached hydrogens (tertiary/aromatic N) is 4. The Hall–Kier alpha value is -2.21. The van der Waals surface area contributed by atoms with Crippen LogP contribution in [0.1, 0.15) is 20.9 Å². The van der Waals surface area contributed by atoms with Crippen molar-refractivity contribution in [1.29, 1.82) is 0 Å². The highest BCUT2D eigenvalue weighted by atomic mass is 32.1. The van der Waals surface area contributed by atoms with E-state index in [4.69, 9.17) is 0 Å². The highest BCUT2D eigenvalue weighted by Gasteiger charge is 2.23. The maximum Gasteiger partial charge on any atom is 0.274 e. The predicted octanol–water partition coefficient (Wildman–Crippen LogP) is 1.99. The summed E-state index contributed by atoms with van der Waals surface area (Å²) in [4.78, 5) is 19.9. The van der Waals surface area contributed by atoms with Crippen LogP contribution in [-0.4, -0.2) is 31.9 Å². The van der Waals surface area contributed by atoms with Gasteiger partial charge in [-0.25, -0.2) is 9.50 Å². The van der Waals surface area contributed by atoms with Gasteiger partial charge in [-0.1, -0.05) is 0 Å². The summed E-state index contributed by atoms with van der Waals surface area (Å²) < 4.78 is 1.63. The molecule has 0 spiro atoms. The fraction of sp³-hybridized carbons (Fsp3) is 0.214. The molecule has 3 aromatic rings. The number of hydrogen-bond acceptors (Lipinski definition) is 4. The molecule has 0 bridgehead atoms. The number of amides is 1. The van der Waals surface area contributed by atoms with E-state index < -0.39 is 0 Å². The molecule has 4 rings (SSSR count). The van der Waals surface area contributed by atoms with Crippen molar-refractivity contribution in [1.82, 2.24) is 19.5 Å². The molecule has 20 heavy (non-hydrogen) atoms. The molecule has 0 radical (unpaired) electrons. The summed E-state index contributed by atoms with van der Waals surface area (Å²) in [5.41, 5.74) is 2.48. The number of imidazole rings is 1. The van der Waals surface area contributed by atoms with Gasteiger partial charge >= 0.3 is 0 Å². The molecule has 0 aromatic carbocycles. The Morgan fingerprint density at radius 2 is 2.25 bits per heavy atom. The Kier molecular flexibility index (Phi) is 2.56. The number of thiophene rings is 1. The van der Waals surface area contributed by atoms with Crippen LogP contribution < -0.4 is 0 Å². The molecule has 4 heterocycles. The third-order valence-electron chi connectivity index (χ3n) is 3.57. The molecule has 0 fully saturated rings. The SMILES string of the molecule is O=C(c1ccc2nccn2n1)N1CCc2sccc2C1. The molecule has 0 unspecified atom stereocenters. The van der Waals surface area contributed by atoms with E-state index in [1.807, 2.05) is 11.0 Å². The van der Waals surface area contributed by atoms with Crippen molar-refractivity contribution in [3.05, 3.63) is 52.1 Å². The first-order valence-corrected chi connectivity index (χ1v) is 7.34. The van der Waals surface area contributed by atoms with Crippen molar-refractivity contribution >= 4 is 22.9 Å². The molecule has 100 valence electrons. The van der Waals surface area contributed by atoms with E-state index >= 15 is 0 Å². The van der Waals surface area contributed by atoms with Crippen LogP contribution in [0.5, 0.6) is 0 Å². The van der Waals surface area contributed by atoms with E-state index in [2.05, 4.69) is 21.5 Å². The lowest BCUT2D eigenvalue weighted by Crippen LogP contribution is -2.36. The minimum Gasteiger partial charge on any atom is -0.333 e. The zero-order valence-electron chi connectivity index (χ0n) is 10.7. The summed E-state index contributed by atoms with van der Waals surface area (Å²) in [5, 5.41) is 6.41. The fourth-order valence-electron chi connectivity index (χ4n) is 2.51. The highest BCUT2D eigenvalue weighted by molar-refractivity contribution is 7.10. The largest absolute Gasteiger partial charge is 0.333 e. The Balaban J connectivity index is 1.64. The number of hydrogen-bond donors (Lipinski definition) is 0. The van der Waals surface area contributed by atoms with Crippen LogP contribution in [0.4, 0.5) is 0 Å². The van der Waals surface area contributed by atoms with E-state index in [0.717, 1.165) is 18.6 Å². The van der Waals surface area contributed by atoms with E-state index in [1.165, 1.54) is 10.4 Å². The number of carbonyl (C=O) groups excluding carboxylic acids is 1. The molecule has 1 aliphatic rings. The lowest BCUT2D eigenvalue weighted by Gasteiger charge is -2.26. The van der Waals surface area contributed by atoms with Crippen molar-refractivity contribution in [3.8, 4) is 0 Å². The molecule has 0 saturated heterocycles. The molecular weight excluding hydrogens is 272 g/mol. The highest BCUT2D eigenvalue weighted by Crippen LogP contribution is 2.24. The Morgan fingerprint density at radius 1 is 1.30 bits per heavy atom. The van der Waals surface area contributed by atoms with Crippen molar-refractivity contribution in [2.24, 2.45) is 0 Å². The van der Waals surface area contributed by atoms with Crippen LogP contribution in [0.15, 0.2) is 36.0 Å². The zero-order valence-corrected chi connectivity index (χ0v) is 11.5. The lowest BCUT2D eigenvalue weighted by atomic mass is 10.1. The molecule has 5 nitrogen and oxygen atoms in total. The van der Waals surface area contributed by atoms with Crippen LogP contribution in [0.25, 0.3) is 5.65 Å². The summed E-state index contributed by atoms with van der Waals surface area (Å²) in [6.45, 7) is 1.44. The van der Waals surface area contributed by atoms with Gasteiger partial charge in [0.2, 0.25) is 0 Å². The van der Waals surface area contributed by atoms with Crippen LogP contribution in [0.3, 0.4) is 0 Å². The lowest BCUT2D eigenvalue weighted by molar-refractivity contribution is 0.0728. The molecular formula is C14H12N4OS. The molecule has 3 aromatic heterocycles. The smallest absolute Gasteiger partial charge is 0.274 e. The Labute approximate surface area is 119 Å². The summed E-state index contributed by atoms with van der Waals surface area (Å²) in [7, 11) is 0. The maximum atomic E-state index is 12.5. The third kappa shape index (κ3) is 1.80. The van der Waals surface area contributed by atoms with Gasteiger partial charge in [-0.3, -0.25) is 4.79 Å². The number of rotatable bonds is 1. The predicted molar refractivity (Wildman–Crippen MR) is 75.8 cm³/mol. The monoisotopic (exact) mass is 284 g/mol. The molecule has 0 saturated carbocycles. The van der Waals surface area contributed by atoms with E-state index in [9.17, 15) is 4.79 Å². The second kappa shape index (κ2) is 4.42. The van der Waals surface area contributed by atoms with Crippen LogP contribution >= 0.6 is 11.3 Å². The molecule has 0 N–H and O–H groups in total. The number of fused-ring (bicyclic) bond motifs is 2. The van der Waals surface area contributed by atoms with Crippen LogP contribution in [0, 0.1) is 0 Å². The van der Waals surface area contributed by atoms with Crippen molar-refractivity contribution in [3.63, 3.8) is 0 Å². The zero-order chi connectivity index (χ0) is 13.5. The average Bonchev–Trinajstić information content (AvgIpc) is 3.13. The summed E-state index contributed by atoms with van der Waals surface area (Å²) in [6.07, 6.45) is 4.36. The first-order valence-electron chi connectivity index (χ1n) is 6.46. The van der Waals surface area contributed by atoms with Gasteiger partial charge < -0.3 is 4.90 Å². The fourth-order valence-corrected chi connectivity index (χ4v) is 3.40. The van der Waals surface area contributed by atoms with E-state index in [-0.39, 0.29) is 5.91 Å². The maximum absolute atomic E-state index is 12.5. The van der Waals surface area contributed by atoms with Gasteiger partial charge in [0.05, 0.1) is 0 Å². The minimum atomic E-state index is -0.0162. The third-order valence-corrected chi connectivity index (χ3v) is 4.59. The second-order valence-corrected chi connectivity index (χ2v) is 5.79. The molecule has 0 atom stereocenters. The van der Waals surface area contributed by atoms with Crippen molar-refractivity contribution in [2.45, 2.75) is 13.0 Å². The number of aromatic nitrogens is 3. The molecule has 1 aliphatic heterocycles. The topological polar surface area (TPSA) is 50.5 Å². The van der Waals surface area contributed by atoms with Gasteiger partial charge in [0.25, 0.3) is 5.91 Å².